The van der Waals surface area contributed by atoms with Crippen molar-refractivity contribution in [2.45, 2.75) is 6.92 Å². The standard InChI is InChI=1S/C8H10N6/c1-3-2-4(9)12-7-5(3)6(10)13-8(11)14-7/h2H,1H3,(H6,9,10,11,12,13,14). The Morgan fingerprint density at radius 3 is 2.50 bits per heavy atom. The molecule has 0 radical (unpaired) electrons. The molecule has 0 bridgehead atoms. The van der Waals surface area contributed by atoms with E-state index in [0.29, 0.717) is 22.7 Å². The number of anilines is 3. The summed E-state index contributed by atoms with van der Waals surface area (Å²) in [6, 6.07) is 1.72. The van der Waals surface area contributed by atoms with Gasteiger partial charge < -0.3 is 17.2 Å². The molecule has 0 aliphatic rings. The van der Waals surface area contributed by atoms with E-state index in [1.54, 1.807) is 6.07 Å². The van der Waals surface area contributed by atoms with Crippen LogP contribution in [-0.4, -0.2) is 15.0 Å². The summed E-state index contributed by atoms with van der Waals surface area (Å²) in [4.78, 5) is 11.8. The Labute approximate surface area is 80.2 Å². The maximum absolute atomic E-state index is 5.70. The normalized spacial score (nSPS) is 10.6. The number of hydrogen-bond acceptors (Lipinski definition) is 6. The second kappa shape index (κ2) is 2.69. The third kappa shape index (κ3) is 1.17. The highest BCUT2D eigenvalue weighted by Crippen LogP contribution is 2.22. The molecule has 0 atom stereocenters. The number of pyridine rings is 1. The van der Waals surface area contributed by atoms with Gasteiger partial charge in [0.15, 0.2) is 5.65 Å². The summed E-state index contributed by atoms with van der Waals surface area (Å²) in [5.74, 6) is 0.831. The number of nitrogens with zero attached hydrogens (tertiary/aromatic N) is 3. The fourth-order valence-corrected chi connectivity index (χ4v) is 1.39. The molecule has 72 valence electrons. The van der Waals surface area contributed by atoms with Gasteiger partial charge in [0.05, 0.1) is 5.39 Å². The van der Waals surface area contributed by atoms with Gasteiger partial charge >= 0.3 is 0 Å². The van der Waals surface area contributed by atoms with Crippen LogP contribution in [0.25, 0.3) is 11.0 Å². The maximum atomic E-state index is 5.70. The van der Waals surface area contributed by atoms with Gasteiger partial charge in [-0.2, -0.15) is 9.97 Å². The zero-order valence-corrected chi connectivity index (χ0v) is 7.65. The monoisotopic (exact) mass is 190 g/mol. The van der Waals surface area contributed by atoms with Crippen molar-refractivity contribution in [1.29, 1.82) is 0 Å². The fraction of sp³-hybridized carbons (Fsp3) is 0.125. The number of nitrogen functional groups attached to an aromatic ring is 3. The molecule has 0 aliphatic carbocycles. The molecule has 6 heteroatoms. The third-order valence-electron chi connectivity index (χ3n) is 1.93. The van der Waals surface area contributed by atoms with E-state index >= 15 is 0 Å². The number of aryl methyl sites for hydroxylation is 1. The lowest BCUT2D eigenvalue weighted by molar-refractivity contribution is 1.20. The molecule has 2 rings (SSSR count). The first-order valence-electron chi connectivity index (χ1n) is 4.04. The minimum absolute atomic E-state index is 0.104. The molecular weight excluding hydrogens is 180 g/mol. The average Bonchev–Trinajstić information content (AvgIpc) is 1.99. The Bertz CT molecular complexity index is 464. The van der Waals surface area contributed by atoms with Gasteiger partial charge in [-0.05, 0) is 18.6 Å². The minimum atomic E-state index is 0.104. The molecule has 0 saturated heterocycles. The number of rotatable bonds is 0. The zero-order valence-electron chi connectivity index (χ0n) is 7.65. The first-order valence-corrected chi connectivity index (χ1v) is 4.04. The van der Waals surface area contributed by atoms with Crippen LogP contribution in [0.1, 0.15) is 5.56 Å². The molecule has 14 heavy (non-hydrogen) atoms. The lowest BCUT2D eigenvalue weighted by atomic mass is 10.2. The van der Waals surface area contributed by atoms with E-state index < -0.39 is 0 Å². The fourth-order valence-electron chi connectivity index (χ4n) is 1.39. The predicted octanol–water partition coefficient (Wildman–Crippen LogP) is 0.0798. The molecule has 6 N–H and O–H groups in total. The van der Waals surface area contributed by atoms with Crippen LogP contribution in [0.15, 0.2) is 6.07 Å². The van der Waals surface area contributed by atoms with E-state index in [-0.39, 0.29) is 5.95 Å². The molecule has 2 heterocycles. The van der Waals surface area contributed by atoms with Gasteiger partial charge in [-0.15, -0.1) is 0 Å². The van der Waals surface area contributed by atoms with Crippen molar-refractivity contribution in [2.75, 3.05) is 17.2 Å². The summed E-state index contributed by atoms with van der Waals surface area (Å²) in [5.41, 5.74) is 18.0. The van der Waals surface area contributed by atoms with Crippen molar-refractivity contribution in [3.05, 3.63) is 11.6 Å². The topological polar surface area (TPSA) is 117 Å². The smallest absolute Gasteiger partial charge is 0.224 e. The van der Waals surface area contributed by atoms with Gasteiger partial charge in [-0.1, -0.05) is 0 Å². The number of nitrogens with two attached hydrogens (primary N) is 3. The van der Waals surface area contributed by atoms with Gasteiger partial charge in [0.25, 0.3) is 0 Å². The predicted molar refractivity (Wildman–Crippen MR) is 55.3 cm³/mol. The minimum Gasteiger partial charge on any atom is -0.384 e. The molecule has 0 aliphatic heterocycles. The second-order valence-electron chi connectivity index (χ2n) is 3.03. The van der Waals surface area contributed by atoms with Gasteiger partial charge in [-0.25, -0.2) is 4.98 Å². The van der Waals surface area contributed by atoms with Gasteiger partial charge in [0, 0.05) is 0 Å². The van der Waals surface area contributed by atoms with Crippen LogP contribution in [0.3, 0.4) is 0 Å². The molecule has 0 unspecified atom stereocenters. The molecule has 2 aromatic heterocycles. The molecule has 0 spiro atoms. The maximum Gasteiger partial charge on any atom is 0.224 e. The van der Waals surface area contributed by atoms with Crippen molar-refractivity contribution in [3.63, 3.8) is 0 Å². The number of aromatic nitrogens is 3. The van der Waals surface area contributed by atoms with Crippen LogP contribution in [0.2, 0.25) is 0 Å². The van der Waals surface area contributed by atoms with E-state index in [0.717, 1.165) is 5.56 Å². The molecule has 0 fully saturated rings. The largest absolute Gasteiger partial charge is 0.384 e. The SMILES string of the molecule is Cc1cc(N)nc2nc(N)nc(N)c12. The molecule has 2 aromatic rings. The first-order chi connectivity index (χ1) is 6.58. The Balaban J connectivity index is 2.94. The van der Waals surface area contributed by atoms with E-state index in [9.17, 15) is 0 Å². The zero-order chi connectivity index (χ0) is 10.3. The summed E-state index contributed by atoms with van der Waals surface area (Å²) >= 11 is 0. The highest BCUT2D eigenvalue weighted by atomic mass is 15.1. The highest BCUT2D eigenvalue weighted by molar-refractivity contribution is 5.90. The van der Waals surface area contributed by atoms with Crippen molar-refractivity contribution < 1.29 is 0 Å². The molecule has 0 amide bonds. The summed E-state index contributed by atoms with van der Waals surface area (Å²) < 4.78 is 0. The Kier molecular flexibility index (Phi) is 1.63. The Hall–Kier alpha value is -2.11. The highest BCUT2D eigenvalue weighted by Gasteiger charge is 2.07. The molecule has 0 saturated carbocycles. The third-order valence-corrected chi connectivity index (χ3v) is 1.93. The van der Waals surface area contributed by atoms with Crippen LogP contribution in [0.5, 0.6) is 0 Å². The second-order valence-corrected chi connectivity index (χ2v) is 3.03. The molecular formula is C8H10N6. The lowest BCUT2D eigenvalue weighted by Crippen LogP contribution is -2.04. The summed E-state index contributed by atoms with van der Waals surface area (Å²) in [5, 5.41) is 0.702. The quantitative estimate of drug-likeness (QED) is 0.541. The number of hydrogen-bond donors (Lipinski definition) is 3. The Morgan fingerprint density at radius 2 is 1.79 bits per heavy atom. The van der Waals surface area contributed by atoms with Gasteiger partial charge in [0.1, 0.15) is 11.6 Å². The van der Waals surface area contributed by atoms with Crippen LogP contribution in [0.4, 0.5) is 17.6 Å². The van der Waals surface area contributed by atoms with Crippen LogP contribution in [-0.2, 0) is 0 Å². The van der Waals surface area contributed by atoms with Crippen LogP contribution >= 0.6 is 0 Å². The van der Waals surface area contributed by atoms with Crippen LogP contribution < -0.4 is 17.2 Å². The van der Waals surface area contributed by atoms with Crippen molar-refractivity contribution >= 4 is 28.6 Å². The lowest BCUT2D eigenvalue weighted by Gasteiger charge is -2.05. The Morgan fingerprint density at radius 1 is 1.07 bits per heavy atom. The van der Waals surface area contributed by atoms with Crippen molar-refractivity contribution in [3.8, 4) is 0 Å². The van der Waals surface area contributed by atoms with Crippen molar-refractivity contribution in [1.82, 2.24) is 15.0 Å². The first kappa shape index (κ1) is 8.49. The van der Waals surface area contributed by atoms with Crippen molar-refractivity contribution in [2.24, 2.45) is 0 Å². The molecule has 6 nitrogen and oxygen atoms in total. The van der Waals surface area contributed by atoms with E-state index in [4.69, 9.17) is 17.2 Å². The summed E-state index contributed by atoms with van der Waals surface area (Å²) in [7, 11) is 0. The van der Waals surface area contributed by atoms with E-state index in [2.05, 4.69) is 15.0 Å². The van der Waals surface area contributed by atoms with Gasteiger partial charge in [-0.3, -0.25) is 0 Å². The van der Waals surface area contributed by atoms with E-state index in [1.165, 1.54) is 0 Å². The van der Waals surface area contributed by atoms with E-state index in [1.807, 2.05) is 6.92 Å². The van der Waals surface area contributed by atoms with Gasteiger partial charge in [0.2, 0.25) is 5.95 Å². The molecule has 0 aromatic carbocycles. The average molecular weight is 190 g/mol. The van der Waals surface area contributed by atoms with Crippen LogP contribution in [0, 0.1) is 6.92 Å². The number of fused-ring (bicyclic) bond motifs is 1. The summed E-state index contributed by atoms with van der Waals surface area (Å²) in [6.07, 6.45) is 0. The summed E-state index contributed by atoms with van der Waals surface area (Å²) in [6.45, 7) is 1.87.